The highest BCUT2D eigenvalue weighted by atomic mass is 16.3. The second kappa shape index (κ2) is 3.40. The second-order valence-electron chi connectivity index (χ2n) is 1.23. The monoisotopic (exact) mass is 101 g/mol. The van der Waals surface area contributed by atoms with Gasteiger partial charge in [-0.25, -0.2) is 0 Å². The summed E-state index contributed by atoms with van der Waals surface area (Å²) in [6, 6.07) is 0. The van der Waals surface area contributed by atoms with E-state index < -0.39 is 0 Å². The molecule has 0 aromatic carbocycles. The summed E-state index contributed by atoms with van der Waals surface area (Å²) in [7, 11) is 0. The molecule has 40 valence electrons. The van der Waals surface area contributed by atoms with E-state index in [1.165, 1.54) is 6.92 Å². The van der Waals surface area contributed by atoms with Crippen molar-refractivity contribution in [1.29, 1.82) is 0 Å². The molecule has 0 rings (SSSR count). The predicted molar refractivity (Wildman–Crippen MR) is 28.9 cm³/mol. The molecule has 0 aliphatic rings. The standard InChI is InChI=1S/C5H9NO/c1-3-4-6-5(2)7/h3H,1,4H2,2H3,(H,6,7)/i5+2. The lowest BCUT2D eigenvalue weighted by Crippen LogP contribution is -2.18. The van der Waals surface area contributed by atoms with E-state index in [0.717, 1.165) is 0 Å². The van der Waals surface area contributed by atoms with Crippen molar-refractivity contribution in [3.8, 4) is 0 Å². The van der Waals surface area contributed by atoms with E-state index in [9.17, 15) is 4.79 Å². The van der Waals surface area contributed by atoms with Gasteiger partial charge in [-0.05, 0) is 0 Å². The van der Waals surface area contributed by atoms with Crippen LogP contribution in [0.1, 0.15) is 6.92 Å². The number of hydrogen-bond acceptors (Lipinski definition) is 1. The maximum atomic E-state index is 10.0. The van der Waals surface area contributed by atoms with E-state index in [4.69, 9.17) is 0 Å². The first-order valence-corrected chi connectivity index (χ1v) is 2.12. The summed E-state index contributed by atoms with van der Waals surface area (Å²) in [5, 5.41) is 2.54. The van der Waals surface area contributed by atoms with E-state index in [1.807, 2.05) is 0 Å². The van der Waals surface area contributed by atoms with Gasteiger partial charge >= 0.3 is 0 Å². The Hall–Kier alpha value is -0.790. The van der Waals surface area contributed by atoms with Crippen molar-refractivity contribution < 1.29 is 4.79 Å². The van der Waals surface area contributed by atoms with Crippen LogP contribution >= 0.6 is 0 Å². The smallest absolute Gasteiger partial charge is 0.217 e. The fourth-order valence-electron chi connectivity index (χ4n) is 0.216. The molecular formula is C5H9NO. The Labute approximate surface area is 43.2 Å². The highest BCUT2D eigenvalue weighted by molar-refractivity contribution is 5.72. The third-order valence-corrected chi connectivity index (χ3v) is 0.495. The minimum absolute atomic E-state index is 0.0140. The first-order chi connectivity index (χ1) is 3.27. The van der Waals surface area contributed by atoms with Crippen LogP contribution in [0.3, 0.4) is 0 Å². The van der Waals surface area contributed by atoms with Crippen LogP contribution in [-0.4, -0.2) is 12.5 Å². The largest absolute Gasteiger partial charge is 0.353 e. The average Bonchev–Trinajstić information content (AvgIpc) is 1.61. The Bertz CT molecular complexity index is 78.1. The van der Waals surface area contributed by atoms with Crippen LogP contribution in [0.15, 0.2) is 12.7 Å². The van der Waals surface area contributed by atoms with Gasteiger partial charge in [-0.1, -0.05) is 6.08 Å². The zero-order chi connectivity index (χ0) is 5.70. The van der Waals surface area contributed by atoms with Crippen molar-refractivity contribution in [2.75, 3.05) is 6.54 Å². The molecule has 0 atom stereocenters. The lowest BCUT2D eigenvalue weighted by Gasteiger charge is -1.90. The van der Waals surface area contributed by atoms with Crippen LogP contribution in [0, 0.1) is 0 Å². The second-order valence-corrected chi connectivity index (χ2v) is 1.23. The third kappa shape index (κ3) is 5.21. The summed E-state index contributed by atoms with van der Waals surface area (Å²) in [6.07, 6.45) is 1.64. The molecule has 0 saturated heterocycles. The van der Waals surface area contributed by atoms with E-state index in [0.29, 0.717) is 6.54 Å². The fourth-order valence-corrected chi connectivity index (χ4v) is 0.216. The molecule has 2 heteroatoms. The Kier molecular flexibility index (Phi) is 3.02. The van der Waals surface area contributed by atoms with Crippen molar-refractivity contribution in [3.63, 3.8) is 0 Å². The predicted octanol–water partition coefficient (Wildman–Crippen LogP) is 0.309. The van der Waals surface area contributed by atoms with Crippen LogP contribution in [0.2, 0.25) is 0 Å². The van der Waals surface area contributed by atoms with Gasteiger partial charge in [-0.15, -0.1) is 6.58 Å². The van der Waals surface area contributed by atoms with Crippen molar-refractivity contribution in [2.45, 2.75) is 6.92 Å². The van der Waals surface area contributed by atoms with Crippen molar-refractivity contribution in [3.05, 3.63) is 12.7 Å². The Morgan fingerprint density at radius 1 is 2.00 bits per heavy atom. The summed E-state index contributed by atoms with van der Waals surface area (Å²) >= 11 is 0. The summed E-state index contributed by atoms with van der Waals surface area (Å²) in [5.41, 5.74) is 0. The number of rotatable bonds is 2. The molecule has 0 radical (unpaired) electrons. The van der Waals surface area contributed by atoms with Gasteiger partial charge in [0.25, 0.3) is 0 Å². The minimum Gasteiger partial charge on any atom is -0.353 e. The van der Waals surface area contributed by atoms with Gasteiger partial charge in [-0.2, -0.15) is 0 Å². The molecule has 0 aliphatic heterocycles. The lowest BCUT2D eigenvalue weighted by molar-refractivity contribution is -0.118. The average molecular weight is 101 g/mol. The van der Waals surface area contributed by atoms with Crippen molar-refractivity contribution >= 4 is 5.91 Å². The van der Waals surface area contributed by atoms with E-state index in [2.05, 4.69) is 11.9 Å². The molecule has 0 aromatic rings. The minimum atomic E-state index is -0.0140. The lowest BCUT2D eigenvalue weighted by atomic mass is 10.7. The molecule has 0 heterocycles. The SMILES string of the molecule is C=CCN[14C](C)=O. The summed E-state index contributed by atoms with van der Waals surface area (Å²) in [6.45, 7) is 5.46. The molecule has 2 nitrogen and oxygen atoms in total. The van der Waals surface area contributed by atoms with Gasteiger partial charge in [0.15, 0.2) is 0 Å². The zero-order valence-electron chi connectivity index (χ0n) is 4.40. The van der Waals surface area contributed by atoms with Crippen LogP contribution in [0.25, 0.3) is 0 Å². The van der Waals surface area contributed by atoms with E-state index >= 15 is 0 Å². The highest BCUT2D eigenvalue weighted by Crippen LogP contribution is 1.59. The van der Waals surface area contributed by atoms with Gasteiger partial charge in [-0.3, -0.25) is 4.79 Å². The molecular weight excluding hydrogens is 92.1 g/mol. The van der Waals surface area contributed by atoms with Crippen molar-refractivity contribution in [2.24, 2.45) is 0 Å². The van der Waals surface area contributed by atoms with Crippen LogP contribution in [0.5, 0.6) is 0 Å². The molecule has 0 aliphatic carbocycles. The van der Waals surface area contributed by atoms with Crippen LogP contribution in [0.4, 0.5) is 0 Å². The summed E-state index contributed by atoms with van der Waals surface area (Å²) < 4.78 is 0. The first-order valence-electron chi connectivity index (χ1n) is 2.12. The maximum Gasteiger partial charge on any atom is 0.217 e. The Balaban J connectivity index is 2.97. The molecule has 0 unspecified atom stereocenters. The molecule has 7 heavy (non-hydrogen) atoms. The van der Waals surface area contributed by atoms with Gasteiger partial charge in [0.2, 0.25) is 5.91 Å². The molecule has 0 spiro atoms. The van der Waals surface area contributed by atoms with E-state index in [-0.39, 0.29) is 5.91 Å². The maximum absolute atomic E-state index is 10.0. The van der Waals surface area contributed by atoms with Gasteiger partial charge in [0.1, 0.15) is 0 Å². The topological polar surface area (TPSA) is 29.1 Å². The molecule has 0 aromatic heterocycles. The zero-order valence-corrected chi connectivity index (χ0v) is 4.40. The summed E-state index contributed by atoms with van der Waals surface area (Å²) in [4.78, 5) is 10.0. The third-order valence-electron chi connectivity index (χ3n) is 0.495. The fraction of sp³-hybridized carbons (Fsp3) is 0.400. The van der Waals surface area contributed by atoms with Crippen molar-refractivity contribution in [1.82, 2.24) is 5.32 Å². The normalized spacial score (nSPS) is 7.57. The molecule has 0 saturated carbocycles. The quantitative estimate of drug-likeness (QED) is 0.498. The highest BCUT2D eigenvalue weighted by Gasteiger charge is 1.80. The first kappa shape index (κ1) is 6.21. The molecule has 0 fully saturated rings. The number of carbonyl (C=O) groups excluding carboxylic acids is 1. The van der Waals surface area contributed by atoms with Crippen LogP contribution in [-0.2, 0) is 4.79 Å². The number of amides is 1. The number of carbonyl (C=O) groups is 1. The molecule has 1 amide bonds. The Morgan fingerprint density at radius 3 is 2.71 bits per heavy atom. The van der Waals surface area contributed by atoms with Gasteiger partial charge < -0.3 is 5.32 Å². The van der Waals surface area contributed by atoms with Gasteiger partial charge in [0.05, 0.1) is 0 Å². The summed E-state index contributed by atoms with van der Waals surface area (Å²) in [5.74, 6) is -0.0140. The van der Waals surface area contributed by atoms with Gasteiger partial charge in [0, 0.05) is 13.5 Å². The number of hydrogen-bond donors (Lipinski definition) is 1. The Morgan fingerprint density at radius 2 is 2.57 bits per heavy atom. The number of nitrogens with one attached hydrogen (secondary N) is 1. The van der Waals surface area contributed by atoms with Crippen LogP contribution < -0.4 is 5.32 Å². The van der Waals surface area contributed by atoms with E-state index in [1.54, 1.807) is 6.08 Å². The molecule has 0 bridgehead atoms. The molecule has 1 N–H and O–H groups in total.